The molecule has 3 nitrogen and oxygen atoms in total. The van der Waals surface area contributed by atoms with E-state index in [1.165, 1.54) is 12.1 Å². The number of methoxy groups -OCH3 is 1. The number of nitrogens with one attached hydrogen (secondary N) is 1. The molecule has 0 aliphatic heterocycles. The lowest BCUT2D eigenvalue weighted by Crippen LogP contribution is -2.03. The predicted octanol–water partition coefficient (Wildman–Crippen LogP) is 3.29. The zero-order valence-electron chi connectivity index (χ0n) is 10.7. The normalized spacial score (nSPS) is 10.4. The first kappa shape index (κ1) is 13.4. The molecule has 0 atom stereocenters. The Labute approximate surface area is 111 Å². The average Bonchev–Trinajstić information content (AvgIpc) is 2.42. The lowest BCUT2D eigenvalue weighted by atomic mass is 10.1. The van der Waals surface area contributed by atoms with Crippen LogP contribution in [0.15, 0.2) is 42.5 Å². The molecule has 100 valence electrons. The van der Waals surface area contributed by atoms with E-state index in [4.69, 9.17) is 9.84 Å². The maximum atomic E-state index is 13.2. The van der Waals surface area contributed by atoms with Crippen LogP contribution in [-0.4, -0.2) is 12.2 Å². The Morgan fingerprint density at radius 1 is 1.21 bits per heavy atom. The van der Waals surface area contributed by atoms with Gasteiger partial charge in [0.25, 0.3) is 0 Å². The van der Waals surface area contributed by atoms with E-state index in [0.717, 1.165) is 16.8 Å². The van der Waals surface area contributed by atoms with Gasteiger partial charge in [0.15, 0.2) is 11.6 Å². The minimum Gasteiger partial charge on any atom is -0.505 e. The van der Waals surface area contributed by atoms with Gasteiger partial charge in [0, 0.05) is 24.9 Å². The van der Waals surface area contributed by atoms with Crippen molar-refractivity contribution in [2.75, 3.05) is 12.4 Å². The number of hydrogen-bond acceptors (Lipinski definition) is 3. The Morgan fingerprint density at radius 3 is 2.74 bits per heavy atom. The first-order valence-corrected chi connectivity index (χ1v) is 5.99. The number of aromatic hydroxyl groups is 1. The Bertz CT molecular complexity index is 558. The molecule has 2 aromatic rings. The van der Waals surface area contributed by atoms with E-state index in [1.54, 1.807) is 13.2 Å². The van der Waals surface area contributed by atoms with Crippen molar-refractivity contribution in [3.05, 3.63) is 59.4 Å². The summed E-state index contributed by atoms with van der Waals surface area (Å²) in [7, 11) is 1.64. The van der Waals surface area contributed by atoms with Crippen LogP contribution in [0.4, 0.5) is 10.1 Å². The number of benzene rings is 2. The number of phenols is 1. The number of hydrogen-bond donors (Lipinski definition) is 2. The fraction of sp³-hybridized carbons (Fsp3) is 0.200. The lowest BCUT2D eigenvalue weighted by molar-refractivity contribution is 0.185. The third kappa shape index (κ3) is 3.45. The molecule has 0 saturated heterocycles. The molecule has 2 rings (SSSR count). The molecule has 0 saturated carbocycles. The minimum atomic E-state index is -0.607. The third-order valence-electron chi connectivity index (χ3n) is 2.81. The summed E-state index contributed by atoms with van der Waals surface area (Å²) < 4.78 is 18.3. The summed E-state index contributed by atoms with van der Waals surface area (Å²) in [5.74, 6) is -0.937. The van der Waals surface area contributed by atoms with Crippen LogP contribution in [0.3, 0.4) is 0 Å². The Morgan fingerprint density at radius 2 is 2.00 bits per heavy atom. The molecule has 0 aromatic heterocycles. The highest BCUT2D eigenvalue weighted by molar-refractivity contribution is 5.51. The van der Waals surface area contributed by atoms with Crippen LogP contribution in [0.2, 0.25) is 0 Å². The Balaban J connectivity index is 2.07. The van der Waals surface area contributed by atoms with Gasteiger partial charge in [-0.3, -0.25) is 0 Å². The summed E-state index contributed by atoms with van der Waals surface area (Å²) >= 11 is 0. The zero-order chi connectivity index (χ0) is 13.7. The van der Waals surface area contributed by atoms with Crippen LogP contribution in [0.1, 0.15) is 11.1 Å². The van der Waals surface area contributed by atoms with Crippen LogP contribution < -0.4 is 5.32 Å². The van der Waals surface area contributed by atoms with E-state index >= 15 is 0 Å². The molecule has 2 N–H and O–H groups in total. The number of phenolic OH excluding ortho intramolecular Hbond substituents is 1. The van der Waals surface area contributed by atoms with E-state index in [-0.39, 0.29) is 5.75 Å². The molecule has 0 bridgehead atoms. The predicted molar refractivity (Wildman–Crippen MR) is 72.5 cm³/mol. The largest absolute Gasteiger partial charge is 0.505 e. The molecule has 0 heterocycles. The second kappa shape index (κ2) is 6.20. The monoisotopic (exact) mass is 261 g/mol. The van der Waals surface area contributed by atoms with Crippen molar-refractivity contribution in [3.8, 4) is 5.75 Å². The summed E-state index contributed by atoms with van der Waals surface area (Å²) in [6, 6.07) is 12.2. The second-order valence-corrected chi connectivity index (χ2v) is 4.23. The van der Waals surface area contributed by atoms with Crippen molar-refractivity contribution in [1.82, 2.24) is 0 Å². The summed E-state index contributed by atoms with van der Waals surface area (Å²) in [5.41, 5.74) is 2.77. The van der Waals surface area contributed by atoms with Crippen molar-refractivity contribution in [3.63, 3.8) is 0 Å². The molecule has 19 heavy (non-hydrogen) atoms. The maximum Gasteiger partial charge on any atom is 0.165 e. The molecule has 0 aliphatic rings. The van der Waals surface area contributed by atoms with Gasteiger partial charge in [-0.15, -0.1) is 0 Å². The van der Waals surface area contributed by atoms with Crippen molar-refractivity contribution < 1.29 is 14.2 Å². The van der Waals surface area contributed by atoms with Gasteiger partial charge in [-0.25, -0.2) is 4.39 Å². The Hall–Kier alpha value is -2.07. The summed E-state index contributed by atoms with van der Waals surface area (Å²) in [6.45, 7) is 1.00. The number of anilines is 1. The lowest BCUT2D eigenvalue weighted by Gasteiger charge is -2.11. The van der Waals surface area contributed by atoms with E-state index in [2.05, 4.69) is 5.32 Å². The zero-order valence-corrected chi connectivity index (χ0v) is 10.7. The van der Waals surface area contributed by atoms with Gasteiger partial charge in [-0.1, -0.05) is 24.3 Å². The molecular weight excluding hydrogens is 245 g/mol. The third-order valence-corrected chi connectivity index (χ3v) is 2.81. The summed E-state index contributed by atoms with van der Waals surface area (Å²) in [6.07, 6.45) is 0. The smallest absolute Gasteiger partial charge is 0.165 e. The molecule has 0 amide bonds. The molecule has 4 heteroatoms. The van der Waals surface area contributed by atoms with Gasteiger partial charge in [0.2, 0.25) is 0 Å². The van der Waals surface area contributed by atoms with Crippen LogP contribution in [-0.2, 0) is 17.9 Å². The molecule has 0 spiro atoms. The molecule has 0 radical (unpaired) electrons. The van der Waals surface area contributed by atoms with Crippen molar-refractivity contribution in [2.24, 2.45) is 0 Å². The number of rotatable bonds is 5. The van der Waals surface area contributed by atoms with Crippen LogP contribution in [0.5, 0.6) is 5.75 Å². The average molecular weight is 261 g/mol. The number of ether oxygens (including phenoxy) is 1. The Kier molecular flexibility index (Phi) is 4.36. The highest BCUT2D eigenvalue weighted by atomic mass is 19.1. The molecule has 0 unspecified atom stereocenters. The molecule has 2 aromatic carbocycles. The first-order valence-electron chi connectivity index (χ1n) is 5.99. The second-order valence-electron chi connectivity index (χ2n) is 4.23. The fourth-order valence-electron chi connectivity index (χ4n) is 1.83. The van der Waals surface area contributed by atoms with Gasteiger partial charge >= 0.3 is 0 Å². The van der Waals surface area contributed by atoms with Crippen molar-refractivity contribution in [1.29, 1.82) is 0 Å². The van der Waals surface area contributed by atoms with Gasteiger partial charge in [-0.05, 0) is 23.8 Å². The van der Waals surface area contributed by atoms with Gasteiger partial charge in [0.1, 0.15) is 0 Å². The van der Waals surface area contributed by atoms with Crippen LogP contribution in [0, 0.1) is 5.82 Å². The number of para-hydroxylation sites is 1. The van der Waals surface area contributed by atoms with Gasteiger partial charge in [-0.2, -0.15) is 0 Å². The van der Waals surface area contributed by atoms with E-state index in [1.807, 2.05) is 24.3 Å². The standard InChI is InChI=1S/C15H16FNO2/c1-19-10-12-4-2-3-5-14(12)17-9-11-6-7-15(18)13(16)8-11/h2-8,17-18H,9-10H2,1H3. The van der Waals surface area contributed by atoms with E-state index in [0.29, 0.717) is 13.2 Å². The van der Waals surface area contributed by atoms with Gasteiger partial charge < -0.3 is 15.2 Å². The van der Waals surface area contributed by atoms with Gasteiger partial charge in [0.05, 0.1) is 6.61 Å². The minimum absolute atomic E-state index is 0.330. The van der Waals surface area contributed by atoms with Crippen LogP contribution in [0.25, 0.3) is 0 Å². The topological polar surface area (TPSA) is 41.5 Å². The quantitative estimate of drug-likeness (QED) is 0.867. The number of halogens is 1. The van der Waals surface area contributed by atoms with Crippen molar-refractivity contribution in [2.45, 2.75) is 13.2 Å². The molecule has 0 fully saturated rings. The highest BCUT2D eigenvalue weighted by Crippen LogP contribution is 2.19. The first-order chi connectivity index (χ1) is 9.20. The molecule has 0 aliphatic carbocycles. The summed E-state index contributed by atoms with van der Waals surface area (Å²) in [5, 5.41) is 12.4. The maximum absolute atomic E-state index is 13.2. The highest BCUT2D eigenvalue weighted by Gasteiger charge is 2.03. The fourth-order valence-corrected chi connectivity index (χ4v) is 1.83. The SMILES string of the molecule is COCc1ccccc1NCc1ccc(O)c(F)c1. The van der Waals surface area contributed by atoms with Crippen molar-refractivity contribution >= 4 is 5.69 Å². The summed E-state index contributed by atoms with van der Waals surface area (Å²) in [4.78, 5) is 0. The van der Waals surface area contributed by atoms with E-state index in [9.17, 15) is 4.39 Å². The molecular formula is C15H16FNO2. The van der Waals surface area contributed by atoms with E-state index < -0.39 is 5.82 Å². The van der Waals surface area contributed by atoms with Crippen LogP contribution >= 0.6 is 0 Å².